The Balaban J connectivity index is 0. The van der Waals surface area contributed by atoms with Gasteiger partial charge in [-0.1, -0.05) is 0 Å². The van der Waals surface area contributed by atoms with Crippen LogP contribution in [0.5, 0.6) is 0 Å². The Morgan fingerprint density at radius 2 is 0.750 bits per heavy atom. The van der Waals surface area contributed by atoms with Gasteiger partial charge >= 0.3 is 17.1 Å². The summed E-state index contributed by atoms with van der Waals surface area (Å²) in [7, 11) is 0. The zero-order valence-electron chi connectivity index (χ0n) is 2.06. The minimum Gasteiger partial charge on any atom is 0 e. The van der Waals surface area contributed by atoms with E-state index in [0.29, 0.717) is 0 Å². The molecule has 0 bridgehead atoms. The van der Waals surface area contributed by atoms with Crippen molar-refractivity contribution < 1.29 is 0 Å². The number of rotatable bonds is 0. The minimum atomic E-state index is 0. The van der Waals surface area contributed by atoms with E-state index in [0.717, 1.165) is 0 Å². The van der Waals surface area contributed by atoms with E-state index in [4.69, 9.17) is 0 Å². The maximum Gasteiger partial charge on any atom is 0 e. The van der Waals surface area contributed by atoms with Crippen molar-refractivity contribution >= 4 is 73.7 Å². The Bertz CT molecular complexity index is 4.00. The molecule has 0 spiro atoms. The molecule has 0 aliphatic heterocycles. The molecule has 0 aliphatic rings. The molecule has 0 atom stereocenters. The number of hydrogen-bond donors (Lipinski definition) is 0. The van der Waals surface area contributed by atoms with Gasteiger partial charge in [0.2, 0.25) is 0 Å². The molecular weight excluding hydrogens is 297 g/mol. The maximum atomic E-state index is 0. The van der Waals surface area contributed by atoms with Gasteiger partial charge in [0.15, 0.2) is 0 Å². The second-order valence-electron chi connectivity index (χ2n) is 0. The molecule has 0 heterocycles. The van der Waals surface area contributed by atoms with Crippen LogP contribution in [0.25, 0.3) is 0 Å². The van der Waals surface area contributed by atoms with E-state index < -0.39 is 0 Å². The van der Waals surface area contributed by atoms with Gasteiger partial charge in [0, 0.05) is 56.6 Å². The van der Waals surface area contributed by atoms with Gasteiger partial charge in [0.05, 0.1) is 0 Å². The predicted molar refractivity (Wildman–Crippen MR) is 25.8 cm³/mol. The third-order valence-electron chi connectivity index (χ3n) is 0. The molecule has 0 aromatic rings. The summed E-state index contributed by atoms with van der Waals surface area (Å²) in [5.41, 5.74) is 0. The summed E-state index contributed by atoms with van der Waals surface area (Å²) in [6.07, 6.45) is 0. The molecule has 0 unspecified atom stereocenters. The van der Waals surface area contributed by atoms with Gasteiger partial charge in [0.25, 0.3) is 0 Å². The van der Waals surface area contributed by atoms with E-state index in [9.17, 15) is 0 Å². The summed E-state index contributed by atoms with van der Waals surface area (Å²) in [6, 6.07) is 0. The first-order valence-corrected chi connectivity index (χ1v) is 0. The standard InChI is InChI=1S/2Ga.H2Se.Se/h;;1H2;. The van der Waals surface area contributed by atoms with E-state index >= 15 is 0 Å². The molecule has 8 radical (unpaired) electrons. The van der Waals surface area contributed by atoms with Crippen LogP contribution in [-0.2, 0) is 0 Å². The fourth-order valence-electron chi connectivity index (χ4n) is 0. The van der Waals surface area contributed by atoms with Crippen LogP contribution in [0.2, 0.25) is 0 Å². The third-order valence-corrected chi connectivity index (χ3v) is 0. The summed E-state index contributed by atoms with van der Waals surface area (Å²) >= 11 is 0. The van der Waals surface area contributed by atoms with Crippen LogP contribution in [-0.4, -0.2) is 73.7 Å². The minimum absolute atomic E-state index is 0. The van der Waals surface area contributed by atoms with Crippen molar-refractivity contribution in [2.45, 2.75) is 0 Å². The fourth-order valence-corrected chi connectivity index (χ4v) is 0. The molecule has 0 aromatic carbocycles. The van der Waals surface area contributed by atoms with E-state index in [1.807, 2.05) is 0 Å². The zero-order valence-corrected chi connectivity index (χ0v) is 10.7. The monoisotopic (exact) mass is 300 g/mol. The maximum absolute atomic E-state index is 0. The van der Waals surface area contributed by atoms with Crippen LogP contribution < -0.4 is 0 Å². The van der Waals surface area contributed by atoms with Crippen molar-refractivity contribution in [3.05, 3.63) is 0 Å². The molecule has 4 heteroatoms. The molecule has 0 N–H and O–H groups in total. The third kappa shape index (κ3) is 8.85. The van der Waals surface area contributed by atoms with E-state index in [-0.39, 0.29) is 73.7 Å². The molecule has 0 fully saturated rings. The Morgan fingerprint density at radius 1 is 0.750 bits per heavy atom. The molecule has 0 aliphatic carbocycles. The first kappa shape index (κ1) is 33.3. The van der Waals surface area contributed by atoms with Crippen molar-refractivity contribution in [1.29, 1.82) is 0 Å². The van der Waals surface area contributed by atoms with E-state index in [1.54, 1.807) is 0 Å². The SMILES string of the molecule is [Ga].[Ga].[SeH2].[Se]. The van der Waals surface area contributed by atoms with Gasteiger partial charge in [0.1, 0.15) is 0 Å². The average molecular weight is 299 g/mol. The molecular formula is H2Ga2Se2. The molecule has 4 heavy (non-hydrogen) atoms. The Hall–Kier alpha value is 2.31. The van der Waals surface area contributed by atoms with Crippen LogP contribution >= 0.6 is 0 Å². The molecule has 0 aromatic heterocycles. The smallest absolute Gasteiger partial charge is 0 e. The van der Waals surface area contributed by atoms with Gasteiger partial charge in [-0.3, -0.25) is 0 Å². The van der Waals surface area contributed by atoms with Crippen LogP contribution in [0.15, 0.2) is 0 Å². The topological polar surface area (TPSA) is 0 Å². The van der Waals surface area contributed by atoms with Crippen molar-refractivity contribution in [2.24, 2.45) is 0 Å². The van der Waals surface area contributed by atoms with Crippen LogP contribution in [0, 0.1) is 0 Å². The summed E-state index contributed by atoms with van der Waals surface area (Å²) < 4.78 is 0. The Labute approximate surface area is 72.9 Å². The summed E-state index contributed by atoms with van der Waals surface area (Å²) in [5, 5.41) is 0. The first-order valence-electron chi connectivity index (χ1n) is 0. The fraction of sp³-hybridized carbons (Fsp3) is 0. The molecule has 0 saturated carbocycles. The van der Waals surface area contributed by atoms with Crippen LogP contribution in [0.3, 0.4) is 0 Å². The van der Waals surface area contributed by atoms with Crippen molar-refractivity contribution in [3.63, 3.8) is 0 Å². The second kappa shape index (κ2) is 18.5. The first-order chi connectivity index (χ1) is 0. The van der Waals surface area contributed by atoms with Gasteiger partial charge < -0.3 is 0 Å². The Morgan fingerprint density at radius 3 is 0.750 bits per heavy atom. The van der Waals surface area contributed by atoms with Crippen LogP contribution in [0.4, 0.5) is 0 Å². The number of hydrogen-bond acceptors (Lipinski definition) is 0. The quantitative estimate of drug-likeness (QED) is 0.452. The predicted octanol–water partition coefficient (Wildman–Crippen LogP) is -2.06. The average Bonchev–Trinajstić information content (AvgIpc) is 0. The van der Waals surface area contributed by atoms with E-state index in [2.05, 4.69) is 0 Å². The van der Waals surface area contributed by atoms with E-state index in [1.165, 1.54) is 0 Å². The largest absolute Gasteiger partial charge is 0 e. The van der Waals surface area contributed by atoms with Crippen molar-refractivity contribution in [2.75, 3.05) is 0 Å². The summed E-state index contributed by atoms with van der Waals surface area (Å²) in [5.74, 6) is 0. The zero-order chi connectivity index (χ0) is 0. The summed E-state index contributed by atoms with van der Waals surface area (Å²) in [6.45, 7) is 0. The molecule has 20 valence electrons. The van der Waals surface area contributed by atoms with Crippen LogP contribution in [0.1, 0.15) is 0 Å². The second-order valence-corrected chi connectivity index (χ2v) is 0. The molecule has 0 amide bonds. The van der Waals surface area contributed by atoms with Gasteiger partial charge in [-0.25, -0.2) is 0 Å². The van der Waals surface area contributed by atoms with Crippen molar-refractivity contribution in [1.82, 2.24) is 0 Å². The Kier molecular flexibility index (Phi) is 154. The van der Waals surface area contributed by atoms with Gasteiger partial charge in [-0.05, 0) is 0 Å². The molecule has 0 rings (SSSR count). The van der Waals surface area contributed by atoms with Gasteiger partial charge in [-0.15, -0.1) is 0 Å². The normalized spacial score (nSPS) is 0. The summed E-state index contributed by atoms with van der Waals surface area (Å²) in [4.78, 5) is 0. The molecule has 0 saturated heterocycles. The molecule has 0 nitrogen and oxygen atoms in total. The van der Waals surface area contributed by atoms with Gasteiger partial charge in [-0.2, -0.15) is 0 Å². The van der Waals surface area contributed by atoms with Crippen molar-refractivity contribution in [3.8, 4) is 0 Å².